The van der Waals surface area contributed by atoms with Crippen LogP contribution in [0, 0.1) is 6.92 Å². The van der Waals surface area contributed by atoms with Crippen LogP contribution in [-0.2, 0) is 9.84 Å². The lowest BCUT2D eigenvalue weighted by molar-refractivity contribution is 0.596. The number of hydrogen-bond donors (Lipinski definition) is 0. The monoisotopic (exact) mass is 461 g/mol. The number of pyridine rings is 1. The summed E-state index contributed by atoms with van der Waals surface area (Å²) in [5, 5.41) is 0. The molecule has 5 rings (SSSR count). The van der Waals surface area contributed by atoms with E-state index < -0.39 is 9.84 Å². The Hall–Kier alpha value is -4.02. The van der Waals surface area contributed by atoms with Gasteiger partial charge in [-0.3, -0.25) is 0 Å². The van der Waals surface area contributed by atoms with Gasteiger partial charge in [0, 0.05) is 16.7 Å². The maximum atomic E-state index is 13.6. The maximum Gasteiger partial charge on any atom is 0.207 e. The lowest BCUT2D eigenvalue weighted by atomic mass is 10.00. The summed E-state index contributed by atoms with van der Waals surface area (Å²) in [6.45, 7) is 1.94. The molecule has 1 heterocycles. The van der Waals surface area contributed by atoms with Crippen molar-refractivity contribution in [2.75, 3.05) is 0 Å². The minimum atomic E-state index is -3.71. The largest absolute Gasteiger partial charge is 0.248 e. The first-order valence-electron chi connectivity index (χ1n) is 11.1. The quantitative estimate of drug-likeness (QED) is 0.277. The van der Waals surface area contributed by atoms with Gasteiger partial charge < -0.3 is 0 Å². The van der Waals surface area contributed by atoms with E-state index in [1.807, 2.05) is 104 Å². The first-order valence-corrected chi connectivity index (χ1v) is 12.5. The average Bonchev–Trinajstić information content (AvgIpc) is 2.90. The van der Waals surface area contributed by atoms with Gasteiger partial charge in [-0.05, 0) is 42.8 Å². The molecule has 0 saturated heterocycles. The smallest absolute Gasteiger partial charge is 0.207 e. The molecule has 34 heavy (non-hydrogen) atoms. The van der Waals surface area contributed by atoms with Gasteiger partial charge in [0.1, 0.15) is 0 Å². The predicted octanol–water partition coefficient (Wildman–Crippen LogP) is 7.22. The van der Waals surface area contributed by atoms with Crippen LogP contribution in [0.4, 0.5) is 0 Å². The second kappa shape index (κ2) is 9.08. The Balaban J connectivity index is 1.73. The van der Waals surface area contributed by atoms with Crippen molar-refractivity contribution in [2.24, 2.45) is 0 Å². The van der Waals surface area contributed by atoms with Gasteiger partial charge in [-0.15, -0.1) is 0 Å². The fraction of sp³-hybridized carbons (Fsp3) is 0.0333. The Morgan fingerprint density at radius 1 is 0.559 bits per heavy atom. The van der Waals surface area contributed by atoms with E-state index in [1.54, 1.807) is 24.3 Å². The Morgan fingerprint density at radius 3 is 1.62 bits per heavy atom. The third-order valence-corrected chi connectivity index (χ3v) is 7.61. The van der Waals surface area contributed by atoms with Crippen molar-refractivity contribution in [3.63, 3.8) is 0 Å². The second-order valence-electron chi connectivity index (χ2n) is 8.17. The molecule has 0 atom stereocenters. The van der Waals surface area contributed by atoms with Crippen molar-refractivity contribution in [1.82, 2.24) is 4.98 Å². The van der Waals surface area contributed by atoms with Crippen molar-refractivity contribution >= 4 is 9.84 Å². The average molecular weight is 462 g/mol. The summed E-state index contributed by atoms with van der Waals surface area (Å²) < 4.78 is 27.3. The summed E-state index contributed by atoms with van der Waals surface area (Å²) in [5.74, 6) is 0. The van der Waals surface area contributed by atoms with E-state index in [-0.39, 0.29) is 9.79 Å². The molecule has 4 heteroatoms. The Morgan fingerprint density at radius 2 is 1.06 bits per heavy atom. The summed E-state index contributed by atoms with van der Waals surface area (Å²) in [5.41, 5.74) is 6.00. The van der Waals surface area contributed by atoms with E-state index in [1.165, 1.54) is 0 Å². The molecule has 0 radical (unpaired) electrons. The van der Waals surface area contributed by atoms with Gasteiger partial charge in [0.2, 0.25) is 9.84 Å². The highest BCUT2D eigenvalue weighted by molar-refractivity contribution is 7.91. The van der Waals surface area contributed by atoms with Crippen molar-refractivity contribution in [3.8, 4) is 33.6 Å². The van der Waals surface area contributed by atoms with E-state index >= 15 is 0 Å². The van der Waals surface area contributed by atoms with Crippen LogP contribution in [0.5, 0.6) is 0 Å². The number of benzene rings is 4. The Bertz CT molecular complexity index is 1490. The van der Waals surface area contributed by atoms with Crippen LogP contribution >= 0.6 is 0 Å². The number of hydrogen-bond acceptors (Lipinski definition) is 3. The molecule has 0 aliphatic carbocycles. The normalized spacial score (nSPS) is 11.3. The zero-order valence-electron chi connectivity index (χ0n) is 18.7. The number of sulfone groups is 1. The van der Waals surface area contributed by atoms with Crippen molar-refractivity contribution in [2.45, 2.75) is 16.7 Å². The topological polar surface area (TPSA) is 47.0 Å². The summed E-state index contributed by atoms with van der Waals surface area (Å²) >= 11 is 0. The molecule has 166 valence electrons. The van der Waals surface area contributed by atoms with Crippen molar-refractivity contribution in [3.05, 3.63) is 127 Å². The molecule has 0 bridgehead atoms. The van der Waals surface area contributed by atoms with Gasteiger partial charge >= 0.3 is 0 Å². The van der Waals surface area contributed by atoms with Gasteiger partial charge in [-0.2, -0.15) is 0 Å². The van der Waals surface area contributed by atoms with Gasteiger partial charge in [-0.25, -0.2) is 13.4 Å². The molecule has 0 saturated carbocycles. The molecule has 5 aromatic rings. The second-order valence-corrected chi connectivity index (χ2v) is 10.1. The third kappa shape index (κ3) is 4.28. The molecule has 3 nitrogen and oxygen atoms in total. The van der Waals surface area contributed by atoms with Gasteiger partial charge in [0.25, 0.3) is 0 Å². The van der Waals surface area contributed by atoms with Crippen molar-refractivity contribution in [1.29, 1.82) is 0 Å². The molecule has 0 aliphatic heterocycles. The van der Waals surface area contributed by atoms with Crippen LogP contribution in [0.15, 0.2) is 131 Å². The molecule has 0 amide bonds. The van der Waals surface area contributed by atoms with Gasteiger partial charge in [0.15, 0.2) is 0 Å². The Labute approximate surface area is 200 Å². The number of aryl methyl sites for hydroxylation is 1. The van der Waals surface area contributed by atoms with Crippen LogP contribution in [0.3, 0.4) is 0 Å². The lowest BCUT2D eigenvalue weighted by Gasteiger charge is -2.14. The standard InChI is InChI=1S/C30H23NO2S/c1-22-16-18-26(19-17-22)34(32,33)30-15-9-8-14-27(30)25-20-28(23-10-4-2-5-11-23)31-29(21-25)24-12-6-3-7-13-24/h2-21H,1H3. The summed E-state index contributed by atoms with van der Waals surface area (Å²) in [6, 6.07) is 37.9. The van der Waals surface area contributed by atoms with E-state index in [4.69, 9.17) is 4.98 Å². The molecular weight excluding hydrogens is 438 g/mol. The molecule has 4 aromatic carbocycles. The lowest BCUT2D eigenvalue weighted by Crippen LogP contribution is -2.04. The fourth-order valence-corrected chi connectivity index (χ4v) is 5.46. The van der Waals surface area contributed by atoms with Crippen LogP contribution in [-0.4, -0.2) is 13.4 Å². The van der Waals surface area contributed by atoms with E-state index in [2.05, 4.69) is 0 Å². The van der Waals surface area contributed by atoms with Crippen LogP contribution in [0.1, 0.15) is 5.56 Å². The van der Waals surface area contributed by atoms with Crippen molar-refractivity contribution < 1.29 is 8.42 Å². The van der Waals surface area contributed by atoms with Gasteiger partial charge in [-0.1, -0.05) is 96.6 Å². The van der Waals surface area contributed by atoms with Crippen LogP contribution < -0.4 is 0 Å². The predicted molar refractivity (Wildman–Crippen MR) is 137 cm³/mol. The number of rotatable bonds is 5. The minimum absolute atomic E-state index is 0.281. The van der Waals surface area contributed by atoms with E-state index in [0.717, 1.165) is 33.6 Å². The van der Waals surface area contributed by atoms with Gasteiger partial charge in [0.05, 0.1) is 21.2 Å². The fourth-order valence-electron chi connectivity index (χ4n) is 3.98. The van der Waals surface area contributed by atoms with Crippen LogP contribution in [0.2, 0.25) is 0 Å². The molecule has 0 fully saturated rings. The number of aromatic nitrogens is 1. The first kappa shape index (κ1) is 21.8. The van der Waals surface area contributed by atoms with Crippen LogP contribution in [0.25, 0.3) is 33.6 Å². The number of nitrogens with zero attached hydrogens (tertiary/aromatic N) is 1. The first-order chi connectivity index (χ1) is 16.5. The molecule has 1 aromatic heterocycles. The highest BCUT2D eigenvalue weighted by Crippen LogP contribution is 2.35. The summed E-state index contributed by atoms with van der Waals surface area (Å²) in [4.78, 5) is 5.47. The molecule has 0 unspecified atom stereocenters. The summed E-state index contributed by atoms with van der Waals surface area (Å²) in [6.07, 6.45) is 0. The Kier molecular flexibility index (Phi) is 5.83. The van der Waals surface area contributed by atoms with E-state index in [9.17, 15) is 8.42 Å². The van der Waals surface area contributed by atoms with E-state index in [0.29, 0.717) is 5.56 Å². The third-order valence-electron chi connectivity index (χ3n) is 5.78. The zero-order chi connectivity index (χ0) is 23.5. The molecular formula is C30H23NO2S. The molecule has 0 N–H and O–H groups in total. The highest BCUT2D eigenvalue weighted by Gasteiger charge is 2.22. The maximum absolute atomic E-state index is 13.6. The minimum Gasteiger partial charge on any atom is -0.248 e. The highest BCUT2D eigenvalue weighted by atomic mass is 32.2. The summed E-state index contributed by atoms with van der Waals surface area (Å²) in [7, 11) is -3.71. The zero-order valence-corrected chi connectivity index (χ0v) is 19.5. The molecule has 0 spiro atoms. The SMILES string of the molecule is Cc1ccc(S(=O)(=O)c2ccccc2-c2cc(-c3ccccc3)nc(-c3ccccc3)c2)cc1. The molecule has 0 aliphatic rings.